The van der Waals surface area contributed by atoms with Crippen LogP contribution in [-0.2, 0) is 21.4 Å². The third kappa shape index (κ3) is 4.95. The fraction of sp³-hybridized carbons (Fsp3) is 0.217. The first kappa shape index (κ1) is 22.3. The van der Waals surface area contributed by atoms with Crippen molar-refractivity contribution in [1.29, 1.82) is 0 Å². The average molecular weight is 469 g/mol. The molecular weight excluding hydrogens is 444 g/mol. The number of sulfonamides is 1. The van der Waals surface area contributed by atoms with E-state index in [1.54, 1.807) is 6.07 Å². The molecule has 1 heterocycles. The van der Waals surface area contributed by atoms with Crippen LogP contribution in [0, 0.1) is 0 Å². The van der Waals surface area contributed by atoms with Gasteiger partial charge in [0.15, 0.2) is 5.16 Å². The molecule has 0 atom stereocenters. The van der Waals surface area contributed by atoms with Crippen LogP contribution < -0.4 is 10.5 Å². The largest absolute Gasteiger partial charge is 0.325 e. The van der Waals surface area contributed by atoms with Crippen LogP contribution in [-0.4, -0.2) is 29.6 Å². The normalized spacial score (nSPS) is 11.8. The lowest BCUT2D eigenvalue weighted by Crippen LogP contribution is -2.14. The number of aromatic nitrogens is 2. The number of thioether (sulfide) groups is 1. The number of benzene rings is 3. The number of amides is 1. The van der Waals surface area contributed by atoms with Crippen LogP contribution in [0.1, 0.15) is 19.8 Å². The van der Waals surface area contributed by atoms with E-state index in [0.29, 0.717) is 10.7 Å². The van der Waals surface area contributed by atoms with E-state index in [1.807, 2.05) is 47.0 Å². The molecule has 9 heteroatoms. The molecule has 1 amide bonds. The van der Waals surface area contributed by atoms with Gasteiger partial charge in [-0.3, -0.25) is 4.79 Å². The number of hydrogen-bond donors (Lipinski definition) is 2. The van der Waals surface area contributed by atoms with Gasteiger partial charge >= 0.3 is 0 Å². The van der Waals surface area contributed by atoms with Gasteiger partial charge in [-0.25, -0.2) is 18.5 Å². The van der Waals surface area contributed by atoms with Crippen molar-refractivity contribution in [3.63, 3.8) is 0 Å². The molecule has 0 saturated carbocycles. The van der Waals surface area contributed by atoms with Crippen LogP contribution in [0.15, 0.2) is 70.7 Å². The van der Waals surface area contributed by atoms with Crippen molar-refractivity contribution in [3.8, 4) is 0 Å². The summed E-state index contributed by atoms with van der Waals surface area (Å²) in [5, 5.41) is 11.0. The number of primary sulfonamides is 1. The molecule has 0 radical (unpaired) electrons. The van der Waals surface area contributed by atoms with Gasteiger partial charge in [-0.2, -0.15) is 0 Å². The number of nitrogens with one attached hydrogen (secondary N) is 1. The summed E-state index contributed by atoms with van der Waals surface area (Å²) in [6.07, 6.45) is 1.95. The lowest BCUT2D eigenvalue weighted by atomic mass is 10.1. The van der Waals surface area contributed by atoms with E-state index in [9.17, 15) is 13.2 Å². The molecule has 0 aliphatic heterocycles. The Morgan fingerprint density at radius 2 is 1.88 bits per heavy atom. The van der Waals surface area contributed by atoms with Crippen LogP contribution in [0.5, 0.6) is 0 Å². The highest BCUT2D eigenvalue weighted by Gasteiger charge is 2.16. The topological polar surface area (TPSA) is 107 Å². The highest BCUT2D eigenvalue weighted by Crippen LogP contribution is 2.27. The Bertz CT molecular complexity index is 1400. The first-order valence-electron chi connectivity index (χ1n) is 10.3. The van der Waals surface area contributed by atoms with E-state index in [2.05, 4.69) is 17.2 Å². The lowest BCUT2D eigenvalue weighted by Gasteiger charge is -2.09. The number of carbonyl (C=O) groups is 1. The molecule has 0 aliphatic rings. The van der Waals surface area contributed by atoms with E-state index < -0.39 is 10.0 Å². The number of aryl methyl sites for hydroxylation is 1. The van der Waals surface area contributed by atoms with Crippen LogP contribution in [0.4, 0.5) is 5.69 Å². The van der Waals surface area contributed by atoms with Crippen LogP contribution in [0.2, 0.25) is 0 Å². The van der Waals surface area contributed by atoms with E-state index in [0.717, 1.165) is 41.4 Å². The lowest BCUT2D eigenvalue weighted by molar-refractivity contribution is -0.113. The number of imidazole rings is 1. The quantitative estimate of drug-likeness (QED) is 0.374. The first-order chi connectivity index (χ1) is 15.3. The molecule has 166 valence electrons. The number of unbranched alkanes of at least 4 members (excludes halogenated alkanes) is 1. The van der Waals surface area contributed by atoms with Gasteiger partial charge < -0.3 is 9.88 Å². The van der Waals surface area contributed by atoms with E-state index in [1.165, 1.54) is 23.9 Å². The first-order valence-corrected chi connectivity index (χ1v) is 12.8. The summed E-state index contributed by atoms with van der Waals surface area (Å²) in [5.74, 6) is 0.0502. The van der Waals surface area contributed by atoms with Crippen molar-refractivity contribution in [2.75, 3.05) is 11.1 Å². The van der Waals surface area contributed by atoms with E-state index in [-0.39, 0.29) is 16.6 Å². The molecule has 32 heavy (non-hydrogen) atoms. The van der Waals surface area contributed by atoms with Crippen LogP contribution in [0.25, 0.3) is 21.8 Å². The van der Waals surface area contributed by atoms with Crippen molar-refractivity contribution < 1.29 is 13.2 Å². The maximum atomic E-state index is 12.6. The maximum absolute atomic E-state index is 12.6. The summed E-state index contributed by atoms with van der Waals surface area (Å²) in [4.78, 5) is 17.2. The van der Waals surface area contributed by atoms with Crippen molar-refractivity contribution in [3.05, 3.63) is 60.7 Å². The molecule has 4 rings (SSSR count). The number of fused-ring (bicyclic) bond motifs is 2. The molecule has 0 aliphatic carbocycles. The van der Waals surface area contributed by atoms with Crippen molar-refractivity contribution >= 4 is 55.2 Å². The van der Waals surface area contributed by atoms with Gasteiger partial charge in [0.25, 0.3) is 0 Å². The Hall–Kier alpha value is -2.88. The molecule has 0 bridgehead atoms. The van der Waals surface area contributed by atoms with Crippen molar-refractivity contribution in [2.45, 2.75) is 36.4 Å². The second kappa shape index (κ2) is 9.32. The summed E-state index contributed by atoms with van der Waals surface area (Å²) in [5.41, 5.74) is 2.11. The van der Waals surface area contributed by atoms with Gasteiger partial charge in [0.1, 0.15) is 0 Å². The van der Waals surface area contributed by atoms with Gasteiger partial charge in [0.2, 0.25) is 15.9 Å². The zero-order chi connectivity index (χ0) is 22.7. The zero-order valence-corrected chi connectivity index (χ0v) is 19.2. The highest BCUT2D eigenvalue weighted by molar-refractivity contribution is 7.99. The summed E-state index contributed by atoms with van der Waals surface area (Å²) in [6, 6.07) is 18.5. The Kier molecular flexibility index (Phi) is 6.50. The Morgan fingerprint density at radius 3 is 2.62 bits per heavy atom. The van der Waals surface area contributed by atoms with Gasteiger partial charge in [-0.05, 0) is 47.5 Å². The molecule has 0 saturated heterocycles. The third-order valence-electron chi connectivity index (χ3n) is 5.11. The highest BCUT2D eigenvalue weighted by atomic mass is 32.2. The summed E-state index contributed by atoms with van der Waals surface area (Å²) in [6.45, 7) is 2.83. The van der Waals surface area contributed by atoms with Gasteiger partial charge in [-0.1, -0.05) is 55.4 Å². The molecular formula is C23H24N4O3S2. The second-order valence-electron chi connectivity index (χ2n) is 7.49. The minimum Gasteiger partial charge on any atom is -0.325 e. The molecule has 1 aromatic heterocycles. The van der Waals surface area contributed by atoms with Crippen LogP contribution >= 0.6 is 11.8 Å². The van der Waals surface area contributed by atoms with Gasteiger partial charge in [-0.15, -0.1) is 0 Å². The monoisotopic (exact) mass is 468 g/mol. The minimum absolute atomic E-state index is 0.0238. The average Bonchev–Trinajstić information content (AvgIpc) is 3.12. The fourth-order valence-corrected chi connectivity index (χ4v) is 4.88. The molecule has 7 nitrogen and oxygen atoms in total. The molecule has 0 spiro atoms. The van der Waals surface area contributed by atoms with Gasteiger partial charge in [0, 0.05) is 12.2 Å². The number of nitrogens with zero attached hydrogens (tertiary/aromatic N) is 2. The molecule has 0 fully saturated rings. The van der Waals surface area contributed by atoms with Crippen molar-refractivity contribution in [1.82, 2.24) is 9.55 Å². The molecule has 0 unspecified atom stereocenters. The number of rotatable bonds is 8. The summed E-state index contributed by atoms with van der Waals surface area (Å²) in [7, 11) is -3.81. The van der Waals surface area contributed by atoms with E-state index >= 15 is 0 Å². The maximum Gasteiger partial charge on any atom is 0.238 e. The predicted molar refractivity (Wildman–Crippen MR) is 129 cm³/mol. The van der Waals surface area contributed by atoms with Crippen LogP contribution in [0.3, 0.4) is 0 Å². The number of hydrogen-bond acceptors (Lipinski definition) is 5. The SMILES string of the molecule is CCCCn1c(SCC(=O)Nc2ccc3ccccc3c2)nc2cc(S(N)(=O)=O)ccc21. The zero-order valence-electron chi connectivity index (χ0n) is 17.6. The molecule has 4 aromatic rings. The Labute approximate surface area is 191 Å². The standard InChI is InChI=1S/C23H24N4O3S2/c1-2-3-12-27-21-11-10-19(32(24,29)30)14-20(21)26-23(27)31-15-22(28)25-18-9-8-16-6-4-5-7-17(16)13-18/h4-11,13-14H,2-3,12,15H2,1H3,(H,25,28)(H2,24,29,30). The molecule has 3 N–H and O–H groups in total. The Balaban J connectivity index is 1.53. The summed E-state index contributed by atoms with van der Waals surface area (Å²) >= 11 is 1.33. The number of nitrogens with two attached hydrogens (primary N) is 1. The summed E-state index contributed by atoms with van der Waals surface area (Å²) < 4.78 is 25.4. The number of anilines is 1. The molecule has 3 aromatic carbocycles. The number of carbonyl (C=O) groups excluding carboxylic acids is 1. The third-order valence-corrected chi connectivity index (χ3v) is 7.00. The van der Waals surface area contributed by atoms with E-state index in [4.69, 9.17) is 5.14 Å². The smallest absolute Gasteiger partial charge is 0.238 e. The minimum atomic E-state index is -3.81. The second-order valence-corrected chi connectivity index (χ2v) is 10.00. The fourth-order valence-electron chi connectivity index (χ4n) is 3.50. The van der Waals surface area contributed by atoms with Gasteiger partial charge in [0.05, 0.1) is 21.7 Å². The predicted octanol–water partition coefficient (Wildman–Crippen LogP) is 4.37. The Morgan fingerprint density at radius 1 is 1.09 bits per heavy atom. The van der Waals surface area contributed by atoms with Crippen molar-refractivity contribution in [2.24, 2.45) is 5.14 Å².